The number of carbonyl (C=O) groups is 2. The van der Waals surface area contributed by atoms with Gasteiger partial charge in [-0.15, -0.1) is 0 Å². The summed E-state index contributed by atoms with van der Waals surface area (Å²) in [5, 5.41) is 19.1. The Bertz CT molecular complexity index is 1030. The third-order valence-corrected chi connectivity index (χ3v) is 5.23. The van der Waals surface area contributed by atoms with E-state index in [1.54, 1.807) is 38.4 Å². The molecule has 3 N–H and O–H groups in total. The number of rotatable bonds is 5. The van der Waals surface area contributed by atoms with Gasteiger partial charge in [0.25, 0.3) is 0 Å². The molecule has 2 aromatic heterocycles. The first kappa shape index (κ1) is 17.8. The van der Waals surface area contributed by atoms with E-state index in [-0.39, 0.29) is 5.91 Å². The number of pyridine rings is 1. The number of benzene rings is 1. The fourth-order valence-corrected chi connectivity index (χ4v) is 3.54. The Morgan fingerprint density at radius 2 is 1.71 bits per heavy atom. The zero-order valence-corrected chi connectivity index (χ0v) is 15.4. The number of carboxylic acids is 1. The summed E-state index contributed by atoms with van der Waals surface area (Å²) in [6.45, 7) is 3.59. The number of H-pyrrole nitrogens is 1. The first-order chi connectivity index (χ1) is 13.4. The van der Waals surface area contributed by atoms with Crippen LogP contribution in [0.2, 0.25) is 0 Å². The van der Waals surface area contributed by atoms with Crippen LogP contribution in [0, 0.1) is 17.3 Å². The van der Waals surface area contributed by atoms with E-state index in [0.717, 1.165) is 11.1 Å². The number of aromatic nitrogens is 4. The van der Waals surface area contributed by atoms with E-state index in [2.05, 4.69) is 25.5 Å². The van der Waals surface area contributed by atoms with Crippen LogP contribution in [-0.2, 0) is 9.59 Å². The number of anilines is 1. The molecule has 0 bridgehead atoms. The molecule has 2 heterocycles. The molecule has 28 heavy (non-hydrogen) atoms. The molecule has 1 aromatic carbocycles. The molecule has 8 nitrogen and oxygen atoms in total. The maximum absolute atomic E-state index is 12.4. The molecule has 0 aliphatic heterocycles. The van der Waals surface area contributed by atoms with Gasteiger partial charge in [0, 0.05) is 29.2 Å². The fraction of sp³-hybridized carbons (Fsp3) is 0.250. The van der Waals surface area contributed by atoms with E-state index < -0.39 is 23.2 Å². The van der Waals surface area contributed by atoms with Crippen LogP contribution in [0.5, 0.6) is 0 Å². The zero-order chi connectivity index (χ0) is 19.9. The van der Waals surface area contributed by atoms with Crippen molar-refractivity contribution in [1.82, 2.24) is 20.2 Å². The maximum atomic E-state index is 12.4. The summed E-state index contributed by atoms with van der Waals surface area (Å²) in [6, 6.07) is 10.8. The Labute approximate surface area is 161 Å². The van der Waals surface area contributed by atoms with Crippen LogP contribution in [-0.4, -0.2) is 37.1 Å². The molecule has 1 saturated carbocycles. The Kier molecular flexibility index (Phi) is 4.18. The largest absolute Gasteiger partial charge is 0.481 e. The number of nitrogens with one attached hydrogen (secondary N) is 2. The molecule has 1 aliphatic carbocycles. The summed E-state index contributed by atoms with van der Waals surface area (Å²) >= 11 is 0. The van der Waals surface area contributed by atoms with Crippen molar-refractivity contribution in [3.8, 4) is 22.8 Å². The summed E-state index contributed by atoms with van der Waals surface area (Å²) in [6.07, 6.45) is 3.37. The molecule has 142 valence electrons. The van der Waals surface area contributed by atoms with Gasteiger partial charge in [-0.1, -0.05) is 13.8 Å². The third-order valence-electron chi connectivity index (χ3n) is 5.23. The van der Waals surface area contributed by atoms with Crippen molar-refractivity contribution in [2.45, 2.75) is 13.8 Å². The van der Waals surface area contributed by atoms with E-state index in [1.165, 1.54) is 0 Å². The second kappa shape index (κ2) is 6.56. The van der Waals surface area contributed by atoms with Gasteiger partial charge in [0.15, 0.2) is 11.6 Å². The van der Waals surface area contributed by atoms with Gasteiger partial charge in [0.1, 0.15) is 0 Å². The fourth-order valence-electron chi connectivity index (χ4n) is 3.54. The monoisotopic (exact) mass is 377 g/mol. The summed E-state index contributed by atoms with van der Waals surface area (Å²) < 4.78 is 0. The molecule has 4 rings (SSSR count). The average molecular weight is 377 g/mol. The van der Waals surface area contributed by atoms with Gasteiger partial charge >= 0.3 is 5.97 Å². The van der Waals surface area contributed by atoms with E-state index in [0.29, 0.717) is 17.3 Å². The first-order valence-corrected chi connectivity index (χ1v) is 8.85. The molecule has 8 heteroatoms. The van der Waals surface area contributed by atoms with E-state index >= 15 is 0 Å². The van der Waals surface area contributed by atoms with Crippen molar-refractivity contribution >= 4 is 17.6 Å². The van der Waals surface area contributed by atoms with Crippen molar-refractivity contribution in [2.75, 3.05) is 5.32 Å². The van der Waals surface area contributed by atoms with Gasteiger partial charge in [-0.3, -0.25) is 19.7 Å². The van der Waals surface area contributed by atoms with Gasteiger partial charge < -0.3 is 10.4 Å². The summed E-state index contributed by atoms with van der Waals surface area (Å²) in [5.74, 6) is -1.20. The van der Waals surface area contributed by atoms with Gasteiger partial charge in [-0.05, 0) is 41.8 Å². The number of carbonyl (C=O) groups excluding carboxylic acids is 1. The van der Waals surface area contributed by atoms with Crippen LogP contribution < -0.4 is 5.32 Å². The lowest BCUT2D eigenvalue weighted by Gasteiger charge is -2.06. The highest BCUT2D eigenvalue weighted by Gasteiger charge is 2.65. The molecule has 1 fully saturated rings. The molecule has 0 unspecified atom stereocenters. The van der Waals surface area contributed by atoms with Crippen molar-refractivity contribution in [3.05, 3.63) is 48.8 Å². The second-order valence-electron chi connectivity index (χ2n) is 7.43. The Morgan fingerprint density at radius 3 is 2.32 bits per heavy atom. The molecular weight excluding hydrogens is 358 g/mol. The lowest BCUT2D eigenvalue weighted by molar-refractivity contribution is -0.140. The highest BCUT2D eigenvalue weighted by atomic mass is 16.4. The number of amides is 1. The van der Waals surface area contributed by atoms with Crippen molar-refractivity contribution < 1.29 is 14.7 Å². The van der Waals surface area contributed by atoms with Gasteiger partial charge in [0.2, 0.25) is 5.91 Å². The summed E-state index contributed by atoms with van der Waals surface area (Å²) in [4.78, 5) is 32.1. The minimum Gasteiger partial charge on any atom is -0.481 e. The SMILES string of the molecule is CC1(C)[C@H](C(=O)O)[C@@H]1C(=O)Nc1ccc(-c2n[nH]c(-c3ccncc3)n2)cc1. The summed E-state index contributed by atoms with van der Waals surface area (Å²) in [5.41, 5.74) is 1.76. The minimum atomic E-state index is -0.935. The number of hydrogen-bond donors (Lipinski definition) is 3. The topological polar surface area (TPSA) is 121 Å². The van der Waals surface area contributed by atoms with Crippen LogP contribution in [0.15, 0.2) is 48.8 Å². The highest BCUT2D eigenvalue weighted by Crippen LogP contribution is 2.58. The van der Waals surface area contributed by atoms with Crippen LogP contribution in [0.3, 0.4) is 0 Å². The molecule has 2 atom stereocenters. The predicted molar refractivity (Wildman–Crippen MR) is 102 cm³/mol. The molecule has 0 saturated heterocycles. The van der Waals surface area contributed by atoms with Crippen molar-refractivity contribution in [3.63, 3.8) is 0 Å². The molecule has 0 spiro atoms. The smallest absolute Gasteiger partial charge is 0.307 e. The Balaban J connectivity index is 1.46. The molecule has 1 aliphatic rings. The molecular formula is C20H19N5O3. The van der Waals surface area contributed by atoms with E-state index in [9.17, 15) is 14.7 Å². The Hall–Kier alpha value is -3.55. The number of hydrogen-bond acceptors (Lipinski definition) is 5. The van der Waals surface area contributed by atoms with E-state index in [4.69, 9.17) is 0 Å². The standard InChI is InChI=1S/C20H19N5O3/c1-20(2)14(15(20)19(27)28)18(26)22-13-5-3-11(4-6-13)16-23-17(25-24-16)12-7-9-21-10-8-12/h3-10,14-15H,1-2H3,(H,22,26)(H,27,28)(H,23,24,25)/t14-,15+/m1/s1. The number of aromatic amines is 1. The number of carboxylic acid groups (broad SMARTS) is 1. The minimum absolute atomic E-state index is 0.275. The normalized spacial score (nSPS) is 19.8. The van der Waals surface area contributed by atoms with Gasteiger partial charge in [-0.2, -0.15) is 5.10 Å². The van der Waals surface area contributed by atoms with Crippen LogP contribution in [0.4, 0.5) is 5.69 Å². The van der Waals surface area contributed by atoms with Gasteiger partial charge in [-0.25, -0.2) is 4.98 Å². The molecule has 1 amide bonds. The lowest BCUT2D eigenvalue weighted by atomic mass is 10.1. The predicted octanol–water partition coefficient (Wildman–Crippen LogP) is 2.83. The van der Waals surface area contributed by atoms with Crippen LogP contribution >= 0.6 is 0 Å². The van der Waals surface area contributed by atoms with Crippen molar-refractivity contribution in [1.29, 1.82) is 0 Å². The Morgan fingerprint density at radius 1 is 1.04 bits per heavy atom. The third kappa shape index (κ3) is 3.13. The number of aliphatic carboxylic acids is 1. The average Bonchev–Trinajstić information content (AvgIpc) is 3.03. The van der Waals surface area contributed by atoms with E-state index in [1.807, 2.05) is 24.3 Å². The molecule has 0 radical (unpaired) electrons. The lowest BCUT2D eigenvalue weighted by Crippen LogP contribution is -2.17. The quantitative estimate of drug-likeness (QED) is 0.629. The van der Waals surface area contributed by atoms with Crippen molar-refractivity contribution in [2.24, 2.45) is 17.3 Å². The summed E-state index contributed by atoms with van der Waals surface area (Å²) in [7, 11) is 0. The van der Waals surface area contributed by atoms with Gasteiger partial charge in [0.05, 0.1) is 11.8 Å². The molecule has 3 aromatic rings. The number of nitrogens with zero attached hydrogens (tertiary/aromatic N) is 3. The second-order valence-corrected chi connectivity index (χ2v) is 7.43. The van der Waals surface area contributed by atoms with Crippen LogP contribution in [0.1, 0.15) is 13.8 Å². The zero-order valence-electron chi connectivity index (χ0n) is 15.4. The van der Waals surface area contributed by atoms with Crippen LogP contribution in [0.25, 0.3) is 22.8 Å². The first-order valence-electron chi connectivity index (χ1n) is 8.85. The highest BCUT2D eigenvalue weighted by molar-refractivity contribution is 5.99. The maximum Gasteiger partial charge on any atom is 0.307 e.